The summed E-state index contributed by atoms with van der Waals surface area (Å²) in [5.41, 5.74) is -0.0668. The van der Waals surface area contributed by atoms with Crippen molar-refractivity contribution in [3.63, 3.8) is 0 Å². The Labute approximate surface area is 178 Å². The van der Waals surface area contributed by atoms with E-state index >= 15 is 0 Å². The molecule has 0 amide bonds. The van der Waals surface area contributed by atoms with Gasteiger partial charge in [0.25, 0.3) is 0 Å². The summed E-state index contributed by atoms with van der Waals surface area (Å²) in [7, 11) is -1.66. The highest BCUT2D eigenvalue weighted by Crippen LogP contribution is 2.30. The predicted octanol–water partition coefficient (Wildman–Crippen LogP) is 5.71. The van der Waals surface area contributed by atoms with Crippen molar-refractivity contribution in [3.8, 4) is 11.5 Å². The molecule has 0 aliphatic rings. The average Bonchev–Trinajstić information content (AvgIpc) is 2.55. The molecule has 1 aromatic rings. The van der Waals surface area contributed by atoms with Gasteiger partial charge in [0.2, 0.25) is 0 Å². The lowest BCUT2D eigenvalue weighted by molar-refractivity contribution is -0.125. The number of hydrogen-bond donors (Lipinski definition) is 0. The molecule has 0 aliphatic carbocycles. The first kappa shape index (κ1) is 25.6. The molecule has 0 spiro atoms. The van der Waals surface area contributed by atoms with Gasteiger partial charge in [0, 0.05) is 11.0 Å². The third-order valence-electron chi connectivity index (χ3n) is 4.41. The van der Waals surface area contributed by atoms with E-state index in [4.69, 9.17) is 13.6 Å². The molecule has 0 aromatic heterocycles. The van der Waals surface area contributed by atoms with Crippen LogP contribution >= 0.6 is 0 Å². The second-order valence-corrected chi connectivity index (χ2v) is 19.1. The van der Waals surface area contributed by atoms with Crippen molar-refractivity contribution in [3.05, 3.63) is 23.8 Å². The predicted molar refractivity (Wildman–Crippen MR) is 123 cm³/mol. The highest BCUT2D eigenvalue weighted by molar-refractivity contribution is 6.84. The molecule has 7 heteroatoms. The van der Waals surface area contributed by atoms with Crippen molar-refractivity contribution >= 4 is 28.2 Å². The Morgan fingerprint density at radius 2 is 1.62 bits per heavy atom. The summed E-state index contributed by atoms with van der Waals surface area (Å²) < 4.78 is 17.7. The van der Waals surface area contributed by atoms with Crippen LogP contribution in [0.25, 0.3) is 0 Å². The molecular weight excluding hydrogens is 400 g/mol. The first-order chi connectivity index (χ1) is 13.1. The van der Waals surface area contributed by atoms with Crippen LogP contribution in [-0.4, -0.2) is 41.9 Å². The van der Waals surface area contributed by atoms with Crippen LogP contribution in [0.15, 0.2) is 18.2 Å². The summed E-state index contributed by atoms with van der Waals surface area (Å²) in [6, 6.07) is 6.13. The lowest BCUT2D eigenvalue weighted by atomic mass is 9.87. The monoisotopic (exact) mass is 438 g/mol. The maximum Gasteiger partial charge on any atom is 0.173 e. The Balaban J connectivity index is 2.68. The molecule has 0 bridgehead atoms. The number of carbonyl (C=O) groups is 2. The molecule has 0 aliphatic heterocycles. The number of benzene rings is 1. The standard InChI is InChI=1S/C22H38O5Si2/c1-22(2,3)21(24)16-18(23)17-11-12-19(20(15-17)25-4)26-13-10-14-29(8,9)27-28(5,6)7/h11-12,15H,10,13-14,16H2,1-9H3. The third-order valence-corrected chi connectivity index (χ3v) is 10.6. The van der Waals surface area contributed by atoms with Crippen molar-refractivity contribution in [2.24, 2.45) is 5.41 Å². The number of methoxy groups -OCH3 is 1. The van der Waals surface area contributed by atoms with Gasteiger partial charge in [0.1, 0.15) is 5.78 Å². The highest BCUT2D eigenvalue weighted by atomic mass is 28.4. The zero-order valence-corrected chi connectivity index (χ0v) is 21.6. The van der Waals surface area contributed by atoms with Gasteiger partial charge in [0.15, 0.2) is 33.9 Å². The summed E-state index contributed by atoms with van der Waals surface area (Å²) in [5, 5.41) is 0. The number of ketones is 2. The SMILES string of the molecule is COc1cc(C(=O)CC(=O)C(C)(C)C)ccc1OCCC[Si](C)(C)O[Si](C)(C)C. The van der Waals surface area contributed by atoms with E-state index in [0.29, 0.717) is 23.7 Å². The molecule has 5 nitrogen and oxygen atoms in total. The number of ether oxygens (including phenoxy) is 2. The maximum absolute atomic E-state index is 12.4. The maximum atomic E-state index is 12.4. The van der Waals surface area contributed by atoms with Crippen LogP contribution in [0.5, 0.6) is 11.5 Å². The van der Waals surface area contributed by atoms with E-state index in [0.717, 1.165) is 12.5 Å². The van der Waals surface area contributed by atoms with Crippen molar-refractivity contribution < 1.29 is 23.2 Å². The second kappa shape index (κ2) is 10.0. The largest absolute Gasteiger partial charge is 0.493 e. The fourth-order valence-corrected chi connectivity index (χ4v) is 11.1. The van der Waals surface area contributed by atoms with Crippen LogP contribution in [0.2, 0.25) is 38.8 Å². The van der Waals surface area contributed by atoms with E-state index in [2.05, 4.69) is 32.7 Å². The topological polar surface area (TPSA) is 61.8 Å². The average molecular weight is 439 g/mol. The molecule has 0 atom stereocenters. The summed E-state index contributed by atoms with van der Waals surface area (Å²) in [6.45, 7) is 17.2. The van der Waals surface area contributed by atoms with Gasteiger partial charge in [-0.3, -0.25) is 9.59 Å². The molecule has 164 valence electrons. The van der Waals surface area contributed by atoms with Gasteiger partial charge in [0.05, 0.1) is 20.1 Å². The van der Waals surface area contributed by atoms with Gasteiger partial charge >= 0.3 is 0 Å². The van der Waals surface area contributed by atoms with Crippen molar-refractivity contribution in [1.29, 1.82) is 0 Å². The van der Waals surface area contributed by atoms with Crippen LogP contribution in [0.3, 0.4) is 0 Å². The molecule has 1 rings (SSSR count). The van der Waals surface area contributed by atoms with E-state index in [-0.39, 0.29) is 18.0 Å². The minimum absolute atomic E-state index is 0.0749. The normalized spacial score (nSPS) is 12.6. The summed E-state index contributed by atoms with van der Waals surface area (Å²) in [4.78, 5) is 24.6. The number of carbonyl (C=O) groups excluding carboxylic acids is 2. The summed E-state index contributed by atoms with van der Waals surface area (Å²) in [5.74, 6) is 0.839. The zero-order chi connectivity index (χ0) is 22.5. The van der Waals surface area contributed by atoms with Crippen LogP contribution in [0, 0.1) is 5.41 Å². The number of hydrogen-bond acceptors (Lipinski definition) is 5. The van der Waals surface area contributed by atoms with Crippen molar-refractivity contribution in [1.82, 2.24) is 0 Å². The molecule has 1 aromatic carbocycles. The highest BCUT2D eigenvalue weighted by Gasteiger charge is 2.29. The molecule has 0 saturated carbocycles. The van der Waals surface area contributed by atoms with Crippen LogP contribution in [0.1, 0.15) is 44.0 Å². The smallest absolute Gasteiger partial charge is 0.173 e. The molecule has 29 heavy (non-hydrogen) atoms. The Morgan fingerprint density at radius 3 is 2.14 bits per heavy atom. The van der Waals surface area contributed by atoms with Gasteiger partial charge in [-0.05, 0) is 63.4 Å². The van der Waals surface area contributed by atoms with E-state index in [1.807, 2.05) is 20.8 Å². The van der Waals surface area contributed by atoms with Gasteiger partial charge in [-0.2, -0.15) is 0 Å². The summed E-state index contributed by atoms with van der Waals surface area (Å²) in [6.07, 6.45) is 0.803. The lowest BCUT2D eigenvalue weighted by Gasteiger charge is -2.31. The van der Waals surface area contributed by atoms with Crippen molar-refractivity contribution in [2.45, 2.75) is 72.4 Å². The van der Waals surface area contributed by atoms with E-state index < -0.39 is 22.0 Å². The number of Topliss-reactive ketones (excluding diaryl/α,β-unsaturated/α-hetero) is 2. The number of rotatable bonds is 11. The Bertz CT molecular complexity index is 715. The second-order valence-electron chi connectivity index (χ2n) is 10.1. The Hall–Kier alpha value is -1.45. The first-order valence-corrected chi connectivity index (χ1v) is 16.7. The van der Waals surface area contributed by atoms with Crippen molar-refractivity contribution in [2.75, 3.05) is 13.7 Å². The molecular formula is C22H38O5Si2. The molecule has 0 fully saturated rings. The van der Waals surface area contributed by atoms with Gasteiger partial charge in [-0.1, -0.05) is 20.8 Å². The minimum Gasteiger partial charge on any atom is -0.493 e. The van der Waals surface area contributed by atoms with Gasteiger partial charge < -0.3 is 13.6 Å². The minimum atomic E-state index is -1.68. The van der Waals surface area contributed by atoms with Gasteiger partial charge in [-0.15, -0.1) is 0 Å². The molecule has 0 heterocycles. The van der Waals surface area contributed by atoms with Crippen LogP contribution < -0.4 is 9.47 Å². The van der Waals surface area contributed by atoms with E-state index in [9.17, 15) is 9.59 Å². The third kappa shape index (κ3) is 9.27. The molecule has 0 N–H and O–H groups in total. The van der Waals surface area contributed by atoms with E-state index in [1.54, 1.807) is 25.3 Å². The summed E-state index contributed by atoms with van der Waals surface area (Å²) >= 11 is 0. The fraction of sp³-hybridized carbons (Fsp3) is 0.636. The molecule has 0 saturated heterocycles. The lowest BCUT2D eigenvalue weighted by Crippen LogP contribution is -2.42. The van der Waals surface area contributed by atoms with Crippen LogP contribution in [0.4, 0.5) is 0 Å². The zero-order valence-electron chi connectivity index (χ0n) is 19.6. The fourth-order valence-electron chi connectivity index (χ4n) is 3.03. The molecule has 0 unspecified atom stereocenters. The molecule has 0 radical (unpaired) electrons. The van der Waals surface area contributed by atoms with Crippen LogP contribution in [-0.2, 0) is 8.91 Å². The Morgan fingerprint density at radius 1 is 1.00 bits per heavy atom. The Kier molecular flexibility index (Phi) is 8.86. The quantitative estimate of drug-likeness (QED) is 0.192. The van der Waals surface area contributed by atoms with E-state index in [1.165, 1.54) is 0 Å². The first-order valence-electron chi connectivity index (χ1n) is 10.2. The van der Waals surface area contributed by atoms with Gasteiger partial charge in [-0.25, -0.2) is 0 Å².